The zero-order chi connectivity index (χ0) is 12.4. The summed E-state index contributed by atoms with van der Waals surface area (Å²) in [5.74, 6) is 1.79. The predicted octanol–water partition coefficient (Wildman–Crippen LogP) is 3.69. The lowest BCUT2D eigenvalue weighted by molar-refractivity contribution is 0.392. The maximum Gasteiger partial charge on any atom is 0.0457 e. The molecule has 18 heavy (non-hydrogen) atoms. The van der Waals surface area contributed by atoms with Crippen molar-refractivity contribution in [1.82, 2.24) is 10.3 Å². The first kappa shape index (κ1) is 11.8. The monoisotopic (exact) mass is 242 g/mol. The molecule has 2 heteroatoms. The topological polar surface area (TPSA) is 27.8 Å². The molecule has 1 aromatic heterocycles. The van der Waals surface area contributed by atoms with Gasteiger partial charge in [-0.2, -0.15) is 0 Å². The molecule has 0 radical (unpaired) electrons. The van der Waals surface area contributed by atoms with E-state index < -0.39 is 0 Å². The summed E-state index contributed by atoms with van der Waals surface area (Å²) < 4.78 is 0. The van der Waals surface area contributed by atoms with Crippen LogP contribution in [0, 0.1) is 11.8 Å². The van der Waals surface area contributed by atoms with Gasteiger partial charge in [0, 0.05) is 23.6 Å². The number of hydrogen-bond donors (Lipinski definition) is 2. The summed E-state index contributed by atoms with van der Waals surface area (Å²) in [4.78, 5) is 3.34. The lowest BCUT2D eigenvalue weighted by Gasteiger charge is -2.15. The molecule has 0 bridgehead atoms. The van der Waals surface area contributed by atoms with Gasteiger partial charge in [0.05, 0.1) is 0 Å². The van der Waals surface area contributed by atoms with Gasteiger partial charge in [-0.15, -0.1) is 0 Å². The number of aromatic amines is 1. The third-order valence-corrected chi connectivity index (χ3v) is 4.44. The Morgan fingerprint density at radius 1 is 1.28 bits per heavy atom. The molecule has 3 rings (SSSR count). The Labute approximate surface area is 109 Å². The highest BCUT2D eigenvalue weighted by atomic mass is 14.9. The maximum absolute atomic E-state index is 3.63. The summed E-state index contributed by atoms with van der Waals surface area (Å²) in [6, 6.07) is 8.52. The second kappa shape index (κ2) is 5.15. The summed E-state index contributed by atoms with van der Waals surface area (Å²) in [5, 5.41) is 4.98. The standard InChI is InChI=1S/C16H22N2/c1-12-5-4-6-13(12)9-17-10-14-11-18-16-8-3-2-7-15(14)16/h2-3,7-8,11-13,17-18H,4-6,9-10H2,1H3. The molecule has 1 heterocycles. The van der Waals surface area contributed by atoms with Crippen LogP contribution in [0.25, 0.3) is 10.9 Å². The number of para-hydroxylation sites is 1. The first-order chi connectivity index (χ1) is 8.84. The molecule has 1 saturated carbocycles. The van der Waals surface area contributed by atoms with Crippen LogP contribution >= 0.6 is 0 Å². The Morgan fingerprint density at radius 2 is 2.17 bits per heavy atom. The fraction of sp³-hybridized carbons (Fsp3) is 0.500. The van der Waals surface area contributed by atoms with Gasteiger partial charge in [-0.05, 0) is 36.4 Å². The van der Waals surface area contributed by atoms with E-state index in [0.29, 0.717) is 0 Å². The third kappa shape index (κ3) is 2.30. The summed E-state index contributed by atoms with van der Waals surface area (Å²) in [6.07, 6.45) is 6.37. The molecule has 2 aromatic rings. The normalized spacial score (nSPS) is 23.8. The number of benzene rings is 1. The van der Waals surface area contributed by atoms with E-state index in [9.17, 15) is 0 Å². The molecule has 0 aliphatic heterocycles. The quantitative estimate of drug-likeness (QED) is 0.840. The second-order valence-corrected chi connectivity index (χ2v) is 5.66. The third-order valence-electron chi connectivity index (χ3n) is 4.44. The molecule has 1 aliphatic rings. The van der Waals surface area contributed by atoms with Gasteiger partial charge in [0.25, 0.3) is 0 Å². The number of fused-ring (bicyclic) bond motifs is 1. The van der Waals surface area contributed by atoms with E-state index >= 15 is 0 Å². The largest absolute Gasteiger partial charge is 0.361 e. The van der Waals surface area contributed by atoms with E-state index in [1.54, 1.807) is 0 Å². The van der Waals surface area contributed by atoms with Gasteiger partial charge in [-0.25, -0.2) is 0 Å². The fourth-order valence-electron chi connectivity index (χ4n) is 3.20. The molecule has 0 spiro atoms. The summed E-state index contributed by atoms with van der Waals surface area (Å²) in [5.41, 5.74) is 2.62. The van der Waals surface area contributed by atoms with E-state index in [2.05, 4.69) is 47.7 Å². The lowest BCUT2D eigenvalue weighted by atomic mass is 9.98. The average Bonchev–Trinajstić information content (AvgIpc) is 2.97. The number of H-pyrrole nitrogens is 1. The van der Waals surface area contributed by atoms with Crippen molar-refractivity contribution in [3.63, 3.8) is 0 Å². The Kier molecular flexibility index (Phi) is 3.37. The molecular formula is C16H22N2. The van der Waals surface area contributed by atoms with Crippen LogP contribution in [-0.2, 0) is 6.54 Å². The van der Waals surface area contributed by atoms with Crippen LogP contribution in [0.3, 0.4) is 0 Å². The zero-order valence-electron chi connectivity index (χ0n) is 11.1. The van der Waals surface area contributed by atoms with Crippen molar-refractivity contribution < 1.29 is 0 Å². The number of nitrogens with one attached hydrogen (secondary N) is 2. The number of rotatable bonds is 4. The highest BCUT2D eigenvalue weighted by Crippen LogP contribution is 2.30. The lowest BCUT2D eigenvalue weighted by Crippen LogP contribution is -2.23. The molecule has 1 fully saturated rings. The average molecular weight is 242 g/mol. The Morgan fingerprint density at radius 3 is 3.00 bits per heavy atom. The summed E-state index contributed by atoms with van der Waals surface area (Å²) >= 11 is 0. The first-order valence-electron chi connectivity index (χ1n) is 7.10. The smallest absolute Gasteiger partial charge is 0.0457 e. The van der Waals surface area contributed by atoms with Crippen LogP contribution in [-0.4, -0.2) is 11.5 Å². The van der Waals surface area contributed by atoms with Crippen LogP contribution in [0.4, 0.5) is 0 Å². The van der Waals surface area contributed by atoms with Crippen LogP contribution in [0.2, 0.25) is 0 Å². The SMILES string of the molecule is CC1CCCC1CNCc1c[nH]c2ccccc12. The van der Waals surface area contributed by atoms with Crippen LogP contribution in [0.1, 0.15) is 31.7 Å². The van der Waals surface area contributed by atoms with Crippen molar-refractivity contribution in [1.29, 1.82) is 0 Å². The molecule has 2 atom stereocenters. The molecule has 2 nitrogen and oxygen atoms in total. The fourth-order valence-corrected chi connectivity index (χ4v) is 3.20. The van der Waals surface area contributed by atoms with Crippen LogP contribution < -0.4 is 5.32 Å². The molecule has 0 amide bonds. The van der Waals surface area contributed by atoms with Crippen LogP contribution in [0.15, 0.2) is 30.5 Å². The van der Waals surface area contributed by atoms with Gasteiger partial charge < -0.3 is 10.3 Å². The van der Waals surface area contributed by atoms with Gasteiger partial charge in [0.15, 0.2) is 0 Å². The van der Waals surface area contributed by atoms with Crippen molar-refractivity contribution in [3.8, 4) is 0 Å². The van der Waals surface area contributed by atoms with Gasteiger partial charge in [0.1, 0.15) is 0 Å². The highest BCUT2D eigenvalue weighted by Gasteiger charge is 2.22. The number of hydrogen-bond acceptors (Lipinski definition) is 1. The van der Waals surface area contributed by atoms with E-state index in [0.717, 1.165) is 18.4 Å². The van der Waals surface area contributed by atoms with Crippen LogP contribution in [0.5, 0.6) is 0 Å². The molecular weight excluding hydrogens is 220 g/mol. The molecule has 1 aliphatic carbocycles. The zero-order valence-corrected chi connectivity index (χ0v) is 11.1. The van der Waals surface area contributed by atoms with E-state index in [1.165, 1.54) is 42.3 Å². The Hall–Kier alpha value is -1.28. The Bertz CT molecular complexity index is 515. The Balaban J connectivity index is 1.60. The van der Waals surface area contributed by atoms with Crippen molar-refractivity contribution in [2.45, 2.75) is 32.7 Å². The van der Waals surface area contributed by atoms with Gasteiger partial charge in [-0.1, -0.05) is 38.0 Å². The summed E-state index contributed by atoms with van der Waals surface area (Å²) in [6.45, 7) is 4.54. The van der Waals surface area contributed by atoms with E-state index in [4.69, 9.17) is 0 Å². The maximum atomic E-state index is 3.63. The van der Waals surface area contributed by atoms with Crippen molar-refractivity contribution >= 4 is 10.9 Å². The first-order valence-corrected chi connectivity index (χ1v) is 7.10. The molecule has 96 valence electrons. The predicted molar refractivity (Wildman–Crippen MR) is 76.5 cm³/mol. The molecule has 1 aromatic carbocycles. The number of aromatic nitrogens is 1. The van der Waals surface area contributed by atoms with Gasteiger partial charge in [0.2, 0.25) is 0 Å². The van der Waals surface area contributed by atoms with Crippen molar-refractivity contribution in [2.75, 3.05) is 6.54 Å². The van der Waals surface area contributed by atoms with Crippen molar-refractivity contribution in [2.24, 2.45) is 11.8 Å². The van der Waals surface area contributed by atoms with Gasteiger partial charge >= 0.3 is 0 Å². The minimum atomic E-state index is 0.884. The molecule has 0 saturated heterocycles. The minimum Gasteiger partial charge on any atom is -0.361 e. The van der Waals surface area contributed by atoms with Crippen molar-refractivity contribution in [3.05, 3.63) is 36.0 Å². The second-order valence-electron chi connectivity index (χ2n) is 5.66. The van der Waals surface area contributed by atoms with E-state index in [1.807, 2.05) is 0 Å². The molecule has 2 unspecified atom stereocenters. The summed E-state index contributed by atoms with van der Waals surface area (Å²) in [7, 11) is 0. The minimum absolute atomic E-state index is 0.884. The molecule has 2 N–H and O–H groups in total. The highest BCUT2D eigenvalue weighted by molar-refractivity contribution is 5.82. The van der Waals surface area contributed by atoms with E-state index in [-0.39, 0.29) is 0 Å². The van der Waals surface area contributed by atoms with Gasteiger partial charge in [-0.3, -0.25) is 0 Å².